The van der Waals surface area contributed by atoms with Crippen molar-refractivity contribution in [3.63, 3.8) is 0 Å². The Morgan fingerprint density at radius 2 is 1.87 bits per heavy atom. The highest BCUT2D eigenvalue weighted by Gasteiger charge is 2.45. The number of carbonyl (C=O) groups excluding carboxylic acids is 1. The van der Waals surface area contributed by atoms with E-state index < -0.39 is 16.9 Å². The monoisotopic (exact) mass is 216 g/mol. The van der Waals surface area contributed by atoms with Crippen LogP contribution in [0.1, 0.15) is 40.5 Å². The summed E-state index contributed by atoms with van der Waals surface area (Å²) in [6.07, 6.45) is 1.85. The van der Waals surface area contributed by atoms with Crippen molar-refractivity contribution >= 4 is 5.97 Å². The van der Waals surface area contributed by atoms with E-state index in [0.29, 0.717) is 6.61 Å². The number of hydrogen-bond acceptors (Lipinski definition) is 4. The van der Waals surface area contributed by atoms with Gasteiger partial charge in [-0.25, -0.2) is 4.79 Å². The van der Waals surface area contributed by atoms with Gasteiger partial charge in [-0.1, -0.05) is 34.1 Å². The van der Waals surface area contributed by atoms with Gasteiger partial charge in [0.2, 0.25) is 0 Å². The minimum absolute atomic E-state index is 0.0987. The number of carbonyl (C=O) groups is 1. The molecule has 0 aromatic rings. The molecule has 0 saturated carbocycles. The van der Waals surface area contributed by atoms with Crippen LogP contribution in [-0.4, -0.2) is 24.7 Å². The lowest BCUT2D eigenvalue weighted by molar-refractivity contribution is -0.154. The fourth-order valence-corrected chi connectivity index (χ4v) is 1.13. The second-order valence-electron chi connectivity index (χ2n) is 4.91. The number of nitrogens with two attached hydrogens (primary N) is 2. The Bertz CT molecular complexity index is 211. The molecule has 0 spiro atoms. The summed E-state index contributed by atoms with van der Waals surface area (Å²) in [6.45, 7) is 8.23. The smallest absolute Gasteiger partial charge is 0.327 e. The number of rotatable bonds is 5. The molecule has 0 amide bonds. The van der Waals surface area contributed by atoms with Crippen molar-refractivity contribution in [1.82, 2.24) is 0 Å². The molecule has 0 aromatic carbocycles. The first-order chi connectivity index (χ1) is 6.79. The summed E-state index contributed by atoms with van der Waals surface area (Å²) in [4.78, 5) is 11.8. The summed E-state index contributed by atoms with van der Waals surface area (Å²) in [6, 6.07) is 0. The minimum Gasteiger partial charge on any atom is -0.464 e. The highest BCUT2D eigenvalue weighted by atomic mass is 16.5. The number of unbranched alkanes of at least 4 members (excludes halogenated alkanes) is 1. The Kier molecular flexibility index (Phi) is 5.24. The first-order valence-electron chi connectivity index (χ1n) is 5.45. The Hall–Kier alpha value is -0.610. The van der Waals surface area contributed by atoms with E-state index >= 15 is 0 Å². The fourth-order valence-electron chi connectivity index (χ4n) is 1.13. The fraction of sp³-hybridized carbons (Fsp3) is 0.909. The first kappa shape index (κ1) is 14.4. The zero-order valence-electron chi connectivity index (χ0n) is 10.3. The van der Waals surface area contributed by atoms with E-state index in [9.17, 15) is 4.79 Å². The van der Waals surface area contributed by atoms with E-state index in [-0.39, 0.29) is 6.54 Å². The van der Waals surface area contributed by atoms with Crippen molar-refractivity contribution < 1.29 is 9.53 Å². The molecule has 15 heavy (non-hydrogen) atoms. The van der Waals surface area contributed by atoms with Gasteiger partial charge in [0, 0.05) is 6.54 Å². The molecule has 0 fully saturated rings. The lowest BCUT2D eigenvalue weighted by atomic mass is 9.74. The predicted octanol–water partition coefficient (Wildman–Crippen LogP) is 1.03. The van der Waals surface area contributed by atoms with Crippen molar-refractivity contribution in [2.45, 2.75) is 46.1 Å². The van der Waals surface area contributed by atoms with E-state index in [1.807, 2.05) is 27.7 Å². The third-order valence-electron chi connectivity index (χ3n) is 2.76. The lowest BCUT2D eigenvalue weighted by Crippen LogP contribution is -2.63. The van der Waals surface area contributed by atoms with Crippen LogP contribution in [0.2, 0.25) is 0 Å². The predicted molar refractivity (Wildman–Crippen MR) is 61.3 cm³/mol. The molecule has 0 saturated heterocycles. The standard InChI is InChI=1S/C11H24N2O2/c1-5-6-7-15-9(14)11(13,8-12)10(2,3)4/h5-8,12-13H2,1-4H3. The van der Waals surface area contributed by atoms with Crippen molar-refractivity contribution in [3.8, 4) is 0 Å². The third-order valence-corrected chi connectivity index (χ3v) is 2.76. The SMILES string of the molecule is CCCCOC(=O)C(N)(CN)C(C)(C)C. The van der Waals surface area contributed by atoms with E-state index in [1.54, 1.807) is 0 Å². The van der Waals surface area contributed by atoms with Crippen LogP contribution < -0.4 is 11.5 Å². The van der Waals surface area contributed by atoms with Gasteiger partial charge in [0.1, 0.15) is 5.54 Å². The first-order valence-corrected chi connectivity index (χ1v) is 5.45. The number of ether oxygens (including phenoxy) is 1. The highest BCUT2D eigenvalue weighted by molar-refractivity contribution is 5.82. The summed E-state index contributed by atoms with van der Waals surface area (Å²) < 4.78 is 5.12. The lowest BCUT2D eigenvalue weighted by Gasteiger charge is -2.38. The maximum absolute atomic E-state index is 11.8. The topological polar surface area (TPSA) is 78.3 Å². The molecule has 0 bridgehead atoms. The van der Waals surface area contributed by atoms with Crippen LogP contribution in [0, 0.1) is 5.41 Å². The average molecular weight is 216 g/mol. The molecule has 90 valence electrons. The molecule has 4 heteroatoms. The Labute approximate surface area is 92.3 Å². The Morgan fingerprint density at radius 3 is 2.20 bits per heavy atom. The van der Waals surface area contributed by atoms with Crippen molar-refractivity contribution in [2.75, 3.05) is 13.2 Å². The van der Waals surface area contributed by atoms with Crippen LogP contribution in [0.5, 0.6) is 0 Å². The molecule has 4 N–H and O–H groups in total. The molecule has 0 aliphatic rings. The van der Waals surface area contributed by atoms with Crippen LogP contribution in [0.25, 0.3) is 0 Å². The minimum atomic E-state index is -1.10. The molecule has 1 unspecified atom stereocenters. The Balaban J connectivity index is 4.46. The number of esters is 1. The molecule has 1 atom stereocenters. The van der Waals surface area contributed by atoms with Gasteiger partial charge in [0.05, 0.1) is 6.61 Å². The van der Waals surface area contributed by atoms with Gasteiger partial charge in [-0.05, 0) is 11.8 Å². The van der Waals surface area contributed by atoms with E-state index in [1.165, 1.54) is 0 Å². The maximum atomic E-state index is 11.8. The van der Waals surface area contributed by atoms with Gasteiger partial charge < -0.3 is 16.2 Å². The van der Waals surface area contributed by atoms with Crippen LogP contribution in [0.3, 0.4) is 0 Å². The second kappa shape index (κ2) is 5.47. The molecule has 0 aliphatic heterocycles. The quantitative estimate of drug-likeness (QED) is 0.531. The molecule has 4 nitrogen and oxygen atoms in total. The average Bonchev–Trinajstić information content (AvgIpc) is 2.15. The maximum Gasteiger partial charge on any atom is 0.327 e. The van der Waals surface area contributed by atoms with Gasteiger partial charge in [-0.3, -0.25) is 0 Å². The molecule has 0 radical (unpaired) electrons. The van der Waals surface area contributed by atoms with Crippen LogP contribution in [-0.2, 0) is 9.53 Å². The van der Waals surface area contributed by atoms with Gasteiger partial charge in [0.15, 0.2) is 0 Å². The zero-order valence-corrected chi connectivity index (χ0v) is 10.3. The van der Waals surface area contributed by atoms with E-state index in [4.69, 9.17) is 16.2 Å². The van der Waals surface area contributed by atoms with Crippen LogP contribution in [0.15, 0.2) is 0 Å². The zero-order chi connectivity index (χ0) is 12.1. The van der Waals surface area contributed by atoms with Gasteiger partial charge in [-0.2, -0.15) is 0 Å². The highest BCUT2D eigenvalue weighted by Crippen LogP contribution is 2.28. The summed E-state index contributed by atoms with van der Waals surface area (Å²) in [5.41, 5.74) is 10.1. The Morgan fingerprint density at radius 1 is 1.33 bits per heavy atom. The summed E-state index contributed by atoms with van der Waals surface area (Å²) >= 11 is 0. The largest absolute Gasteiger partial charge is 0.464 e. The summed E-state index contributed by atoms with van der Waals surface area (Å²) in [5, 5.41) is 0. The molecule has 0 aromatic heterocycles. The van der Waals surface area contributed by atoms with Gasteiger partial charge in [0.25, 0.3) is 0 Å². The molecule has 0 rings (SSSR count). The molecular weight excluding hydrogens is 192 g/mol. The number of hydrogen-bond donors (Lipinski definition) is 2. The second-order valence-corrected chi connectivity index (χ2v) is 4.91. The van der Waals surface area contributed by atoms with Crippen molar-refractivity contribution in [3.05, 3.63) is 0 Å². The summed E-state index contributed by atoms with van der Waals surface area (Å²) in [7, 11) is 0. The van der Waals surface area contributed by atoms with Crippen molar-refractivity contribution in [1.29, 1.82) is 0 Å². The normalized spacial score (nSPS) is 15.9. The third kappa shape index (κ3) is 3.47. The van der Waals surface area contributed by atoms with Crippen LogP contribution in [0.4, 0.5) is 0 Å². The summed E-state index contributed by atoms with van der Waals surface area (Å²) in [5.74, 6) is -0.397. The molecule has 0 heterocycles. The van der Waals surface area contributed by atoms with E-state index in [0.717, 1.165) is 12.8 Å². The van der Waals surface area contributed by atoms with Crippen molar-refractivity contribution in [2.24, 2.45) is 16.9 Å². The molecular formula is C11H24N2O2. The van der Waals surface area contributed by atoms with E-state index in [2.05, 4.69) is 0 Å². The van der Waals surface area contributed by atoms with Gasteiger partial charge >= 0.3 is 5.97 Å². The molecule has 0 aliphatic carbocycles. The van der Waals surface area contributed by atoms with Crippen LogP contribution >= 0.6 is 0 Å². The van der Waals surface area contributed by atoms with Gasteiger partial charge in [-0.15, -0.1) is 0 Å².